The first kappa shape index (κ1) is 22.9. The van der Waals surface area contributed by atoms with E-state index in [4.69, 9.17) is 15.0 Å². The third kappa shape index (κ3) is 5.16. The second-order valence-electron chi connectivity index (χ2n) is 6.14. The molecule has 1 aromatic heterocycles. The van der Waals surface area contributed by atoms with Gasteiger partial charge in [0, 0.05) is 11.1 Å². The monoisotopic (exact) mass is 432 g/mol. The number of nitrogens with zero attached hydrogens (tertiary/aromatic N) is 5. The molecule has 5 atom stereocenters. The van der Waals surface area contributed by atoms with Gasteiger partial charge in [-0.3, -0.25) is 9.36 Å². The minimum Gasteiger partial charge on any atom is -0.466 e. The third-order valence-corrected chi connectivity index (χ3v) is 4.94. The van der Waals surface area contributed by atoms with Gasteiger partial charge in [-0.1, -0.05) is 5.11 Å². The Balaban J connectivity index is 2.21. The van der Waals surface area contributed by atoms with E-state index >= 15 is 0 Å². The number of azide groups is 1. The molecule has 2 heterocycles. The average molecular weight is 432 g/mol. The molecule has 1 saturated heterocycles. The van der Waals surface area contributed by atoms with E-state index in [0.29, 0.717) is 12.9 Å². The maximum absolute atomic E-state index is 14.5. The van der Waals surface area contributed by atoms with Crippen LogP contribution in [0.5, 0.6) is 0 Å². The summed E-state index contributed by atoms with van der Waals surface area (Å²) >= 11 is 1.60. The highest BCUT2D eigenvalue weighted by molar-refractivity contribution is 7.98. The average Bonchev–Trinajstić information content (AvgIpc) is 2.96. The van der Waals surface area contributed by atoms with Crippen molar-refractivity contribution in [1.82, 2.24) is 9.55 Å². The second kappa shape index (κ2) is 10.4. The first-order valence-electron chi connectivity index (χ1n) is 8.49. The molecule has 2 rings (SSSR count). The lowest BCUT2D eigenvalue weighted by atomic mass is 10.1. The molecule has 1 aliphatic rings. The summed E-state index contributed by atoms with van der Waals surface area (Å²) in [5, 5.41) is 25.5. The molecule has 1 aromatic rings. The fourth-order valence-corrected chi connectivity index (χ4v) is 3.31. The molecule has 0 radical (unpaired) electrons. The lowest BCUT2D eigenvalue weighted by molar-refractivity contribution is -0.129. The molecule has 0 saturated carbocycles. The van der Waals surface area contributed by atoms with Crippen LogP contribution in [0.15, 0.2) is 22.2 Å². The van der Waals surface area contributed by atoms with Crippen LogP contribution in [0.25, 0.3) is 10.4 Å². The van der Waals surface area contributed by atoms with Crippen LogP contribution in [-0.2, 0) is 14.3 Å². The molecule has 0 aromatic carbocycles. The predicted molar refractivity (Wildman–Crippen MR) is 101 cm³/mol. The minimum atomic E-state index is -2.25. The van der Waals surface area contributed by atoms with E-state index in [1.807, 2.05) is 6.26 Å². The summed E-state index contributed by atoms with van der Waals surface area (Å²) in [5.41, 5.74) is 5.45. The fourth-order valence-electron chi connectivity index (χ4n) is 2.79. The maximum Gasteiger partial charge on any atom is 0.351 e. The van der Waals surface area contributed by atoms with Gasteiger partial charge in [0.15, 0.2) is 12.4 Å². The molecule has 2 unspecified atom stereocenters. The van der Waals surface area contributed by atoms with E-state index in [2.05, 4.69) is 20.3 Å². The summed E-state index contributed by atoms with van der Waals surface area (Å²) in [6, 6.07) is 1.09. The quantitative estimate of drug-likeness (QED) is 0.191. The zero-order chi connectivity index (χ0) is 21.4. The van der Waals surface area contributed by atoms with E-state index in [-0.39, 0.29) is 18.5 Å². The van der Waals surface area contributed by atoms with Gasteiger partial charge in [0.1, 0.15) is 18.5 Å². The van der Waals surface area contributed by atoms with Crippen molar-refractivity contribution >= 4 is 24.1 Å². The number of alkyl halides is 1. The van der Waals surface area contributed by atoms with Crippen LogP contribution in [0.1, 0.15) is 12.6 Å². The highest BCUT2D eigenvalue weighted by atomic mass is 32.2. The van der Waals surface area contributed by atoms with Gasteiger partial charge in [-0.2, -0.15) is 16.7 Å². The molecule has 3 N–H and O–H groups in total. The van der Waals surface area contributed by atoms with Gasteiger partial charge in [0.2, 0.25) is 5.72 Å². The van der Waals surface area contributed by atoms with Crippen molar-refractivity contribution in [1.29, 1.82) is 0 Å². The molecule has 14 heteroatoms. The fraction of sp³-hybridized carbons (Fsp3) is 0.667. The highest BCUT2D eigenvalue weighted by Crippen LogP contribution is 2.39. The summed E-state index contributed by atoms with van der Waals surface area (Å²) in [4.78, 5) is 29.1. The van der Waals surface area contributed by atoms with E-state index in [1.165, 1.54) is 12.3 Å². The van der Waals surface area contributed by atoms with Crippen molar-refractivity contribution in [2.75, 3.05) is 30.5 Å². The van der Waals surface area contributed by atoms with Crippen molar-refractivity contribution in [3.63, 3.8) is 0 Å². The Morgan fingerprint density at radius 1 is 1.69 bits per heavy atom. The number of aromatic nitrogens is 2. The van der Waals surface area contributed by atoms with Crippen LogP contribution in [0.4, 0.5) is 10.2 Å². The molecule has 0 aliphatic carbocycles. The maximum atomic E-state index is 14.5. The summed E-state index contributed by atoms with van der Waals surface area (Å²) < 4.78 is 25.3. The van der Waals surface area contributed by atoms with Crippen LogP contribution < -0.4 is 11.0 Å². The molecule has 0 amide bonds. The molecule has 0 spiro atoms. The number of hydrogen-bond donors (Lipinski definition) is 3. The standard InChI is InChI=1S/C15H21FN6O6S/c1-29-5-3-9(6-27-8-24)18-10-2-4-22(14(26)19-10)13-11(16)12(25)15(7-23,28-13)20-21-17/h2,4,8-9,11-13,23,25H,3,5-7H2,1H3,(H,18,19,26)/t9-,11-,12?,13?,15+/m0/s1. The van der Waals surface area contributed by atoms with Gasteiger partial charge in [-0.15, -0.1) is 0 Å². The number of hydrogen-bond acceptors (Lipinski definition) is 10. The minimum absolute atomic E-state index is 0.0739. The number of nitrogens with one attached hydrogen (secondary N) is 1. The number of aliphatic hydroxyl groups is 2. The SMILES string of the molecule is CSCC[C@@H](COC=O)Nc1ccn(C2O[C@@](CO)(N=[N+]=[N-])C(O)[C@@H]2F)c(=O)n1. The van der Waals surface area contributed by atoms with Crippen molar-refractivity contribution in [3.8, 4) is 0 Å². The highest BCUT2D eigenvalue weighted by Gasteiger charge is 2.56. The van der Waals surface area contributed by atoms with Gasteiger partial charge >= 0.3 is 5.69 Å². The molecule has 12 nitrogen and oxygen atoms in total. The molecule has 1 aliphatic heterocycles. The zero-order valence-corrected chi connectivity index (χ0v) is 16.2. The molecule has 29 heavy (non-hydrogen) atoms. The number of carbonyl (C=O) groups is 1. The van der Waals surface area contributed by atoms with Crippen molar-refractivity contribution in [2.45, 2.75) is 36.7 Å². The number of thioether (sulfide) groups is 1. The summed E-state index contributed by atoms with van der Waals surface area (Å²) in [6.45, 7) is -0.588. The Labute approximate surface area is 168 Å². The number of carbonyl (C=O) groups excluding carboxylic acids is 1. The normalized spacial score (nSPS) is 27.1. The first-order chi connectivity index (χ1) is 13.9. The van der Waals surface area contributed by atoms with Crippen molar-refractivity contribution < 1.29 is 28.9 Å². The van der Waals surface area contributed by atoms with Gasteiger partial charge in [0.05, 0.1) is 12.6 Å². The number of ether oxygens (including phenoxy) is 2. The topological polar surface area (TPSA) is 172 Å². The summed E-state index contributed by atoms with van der Waals surface area (Å²) in [6.07, 6.45) is -2.03. The van der Waals surface area contributed by atoms with Crippen molar-refractivity contribution in [2.24, 2.45) is 5.11 Å². The Bertz CT molecular complexity index is 808. The molecule has 0 bridgehead atoms. The van der Waals surface area contributed by atoms with Gasteiger partial charge in [-0.05, 0) is 30.0 Å². The lowest BCUT2D eigenvalue weighted by Gasteiger charge is -2.23. The van der Waals surface area contributed by atoms with Gasteiger partial charge in [0.25, 0.3) is 6.47 Å². The van der Waals surface area contributed by atoms with E-state index in [1.54, 1.807) is 11.8 Å². The smallest absolute Gasteiger partial charge is 0.351 e. The van der Waals surface area contributed by atoms with Crippen molar-refractivity contribution in [3.05, 3.63) is 33.2 Å². The van der Waals surface area contributed by atoms with Crippen LogP contribution in [0.2, 0.25) is 0 Å². The van der Waals surface area contributed by atoms with Gasteiger partial charge in [-0.25, -0.2) is 9.18 Å². The molecular weight excluding hydrogens is 411 g/mol. The van der Waals surface area contributed by atoms with Crippen LogP contribution in [0, 0.1) is 0 Å². The van der Waals surface area contributed by atoms with E-state index < -0.39 is 36.5 Å². The molecule has 160 valence electrons. The lowest BCUT2D eigenvalue weighted by Crippen LogP contribution is -2.43. The Morgan fingerprint density at radius 2 is 2.45 bits per heavy atom. The van der Waals surface area contributed by atoms with Crippen LogP contribution in [0.3, 0.4) is 0 Å². The number of anilines is 1. The first-order valence-corrected chi connectivity index (χ1v) is 9.88. The number of rotatable bonds is 11. The van der Waals surface area contributed by atoms with Crippen LogP contribution >= 0.6 is 11.8 Å². The Hall–Kier alpha value is -2.38. The summed E-state index contributed by atoms with van der Waals surface area (Å²) in [5.74, 6) is 0.945. The summed E-state index contributed by atoms with van der Waals surface area (Å²) in [7, 11) is 0. The molecular formula is C15H21FN6O6S. The number of halogens is 1. The second-order valence-corrected chi connectivity index (χ2v) is 7.13. The van der Waals surface area contributed by atoms with E-state index in [9.17, 15) is 24.2 Å². The van der Waals surface area contributed by atoms with Crippen LogP contribution in [-0.4, -0.2) is 75.5 Å². The Morgan fingerprint density at radius 3 is 3.03 bits per heavy atom. The van der Waals surface area contributed by atoms with Gasteiger partial charge < -0.3 is 25.0 Å². The van der Waals surface area contributed by atoms with E-state index in [0.717, 1.165) is 10.3 Å². The molecule has 1 fully saturated rings. The Kier molecular flexibility index (Phi) is 8.22. The zero-order valence-electron chi connectivity index (χ0n) is 15.4. The number of aliphatic hydroxyl groups excluding tert-OH is 2. The predicted octanol–water partition coefficient (Wildman–Crippen LogP) is 0.177. The largest absolute Gasteiger partial charge is 0.466 e. The third-order valence-electron chi connectivity index (χ3n) is 4.29.